The standard InChI is InChI=1S/C29H39N3O5/c1-20-13-23(14-21(2)22(20)3)19-31-27(33)29(32(28(31)34)11-12-35-4)7-9-30(10-8-29)18-24-15-25(36-5)17-26(16-24)37-6/h13-17H,7-12,18-19H2,1-6H3. The van der Waals surface area contributed by atoms with Crippen LogP contribution in [0.2, 0.25) is 0 Å². The Morgan fingerprint density at radius 1 is 0.811 bits per heavy atom. The number of hydrogen-bond donors (Lipinski definition) is 0. The predicted molar refractivity (Wildman–Crippen MR) is 142 cm³/mol. The van der Waals surface area contributed by atoms with Crippen molar-refractivity contribution in [3.05, 3.63) is 58.1 Å². The van der Waals surface area contributed by atoms with Crippen molar-refractivity contribution in [2.45, 2.75) is 52.2 Å². The van der Waals surface area contributed by atoms with Crippen LogP contribution in [0.25, 0.3) is 0 Å². The summed E-state index contributed by atoms with van der Waals surface area (Å²) < 4.78 is 16.1. The molecule has 2 fully saturated rings. The van der Waals surface area contributed by atoms with E-state index in [9.17, 15) is 9.59 Å². The number of imide groups is 1. The van der Waals surface area contributed by atoms with Crippen LogP contribution in [0.3, 0.4) is 0 Å². The zero-order valence-electron chi connectivity index (χ0n) is 22.9. The van der Waals surface area contributed by atoms with Crippen molar-refractivity contribution in [3.63, 3.8) is 0 Å². The Hall–Kier alpha value is -3.10. The Kier molecular flexibility index (Phi) is 8.09. The van der Waals surface area contributed by atoms with Crippen molar-refractivity contribution in [1.29, 1.82) is 0 Å². The lowest BCUT2D eigenvalue weighted by atomic mass is 9.85. The summed E-state index contributed by atoms with van der Waals surface area (Å²) in [4.78, 5) is 33.0. The maximum Gasteiger partial charge on any atom is 0.328 e. The first kappa shape index (κ1) is 26.9. The fourth-order valence-corrected chi connectivity index (χ4v) is 5.59. The van der Waals surface area contributed by atoms with Crippen molar-refractivity contribution < 1.29 is 23.8 Å². The first-order chi connectivity index (χ1) is 17.7. The molecule has 3 amide bonds. The lowest BCUT2D eigenvalue weighted by Crippen LogP contribution is -2.57. The maximum atomic E-state index is 13.9. The summed E-state index contributed by atoms with van der Waals surface area (Å²) in [6.07, 6.45) is 1.18. The molecule has 0 N–H and O–H groups in total. The van der Waals surface area contributed by atoms with Gasteiger partial charge in [0.1, 0.15) is 17.0 Å². The zero-order chi connectivity index (χ0) is 26.7. The molecule has 0 aliphatic carbocycles. The number of methoxy groups -OCH3 is 3. The van der Waals surface area contributed by atoms with E-state index < -0.39 is 5.54 Å². The second kappa shape index (κ2) is 11.1. The molecule has 0 aromatic heterocycles. The molecule has 8 heteroatoms. The van der Waals surface area contributed by atoms with E-state index in [1.165, 1.54) is 21.6 Å². The van der Waals surface area contributed by atoms with Gasteiger partial charge in [0.25, 0.3) is 5.91 Å². The van der Waals surface area contributed by atoms with Gasteiger partial charge in [-0.25, -0.2) is 4.79 Å². The number of benzene rings is 2. The number of aryl methyl sites for hydroxylation is 2. The van der Waals surface area contributed by atoms with Gasteiger partial charge in [0.05, 0.1) is 27.4 Å². The SMILES string of the molecule is COCCN1C(=O)N(Cc2cc(C)c(C)c(C)c2)C(=O)C12CCN(Cc1cc(OC)cc(OC)c1)CC2. The zero-order valence-corrected chi connectivity index (χ0v) is 22.9. The molecule has 2 aliphatic rings. The van der Waals surface area contributed by atoms with Gasteiger partial charge in [-0.1, -0.05) is 12.1 Å². The van der Waals surface area contributed by atoms with Crippen molar-refractivity contribution in [2.75, 3.05) is 47.6 Å². The maximum absolute atomic E-state index is 13.9. The van der Waals surface area contributed by atoms with E-state index in [0.717, 1.165) is 29.2 Å². The highest BCUT2D eigenvalue weighted by atomic mass is 16.5. The molecule has 200 valence electrons. The topological polar surface area (TPSA) is 71.6 Å². The minimum absolute atomic E-state index is 0.0906. The molecule has 0 saturated carbocycles. The highest BCUT2D eigenvalue weighted by Crippen LogP contribution is 2.38. The van der Waals surface area contributed by atoms with E-state index in [2.05, 4.69) is 37.8 Å². The Bertz CT molecular complexity index is 1110. The minimum atomic E-state index is -0.826. The third kappa shape index (κ3) is 5.31. The molecule has 2 saturated heterocycles. The molecule has 2 aliphatic heterocycles. The van der Waals surface area contributed by atoms with Gasteiger partial charge in [-0.15, -0.1) is 0 Å². The van der Waals surface area contributed by atoms with Gasteiger partial charge in [0, 0.05) is 39.4 Å². The Balaban J connectivity index is 1.53. The van der Waals surface area contributed by atoms with Crippen LogP contribution in [-0.4, -0.2) is 79.7 Å². The summed E-state index contributed by atoms with van der Waals surface area (Å²) in [5.74, 6) is 1.41. The average molecular weight is 510 g/mol. The van der Waals surface area contributed by atoms with E-state index in [4.69, 9.17) is 14.2 Å². The van der Waals surface area contributed by atoms with Crippen LogP contribution in [0.4, 0.5) is 4.79 Å². The van der Waals surface area contributed by atoms with Gasteiger partial charge in [-0.2, -0.15) is 0 Å². The van der Waals surface area contributed by atoms with Crippen molar-refractivity contribution in [1.82, 2.24) is 14.7 Å². The number of rotatable bonds is 9. The number of carbonyl (C=O) groups is 2. The Labute approximate surface area is 220 Å². The molecule has 1 spiro atoms. The third-order valence-electron chi connectivity index (χ3n) is 7.97. The highest BCUT2D eigenvalue weighted by molar-refractivity contribution is 6.07. The average Bonchev–Trinajstić information content (AvgIpc) is 3.07. The molecule has 2 aromatic rings. The van der Waals surface area contributed by atoms with Crippen LogP contribution in [0.5, 0.6) is 11.5 Å². The van der Waals surface area contributed by atoms with E-state index >= 15 is 0 Å². The van der Waals surface area contributed by atoms with Gasteiger partial charge < -0.3 is 19.1 Å². The van der Waals surface area contributed by atoms with Crippen LogP contribution in [0.15, 0.2) is 30.3 Å². The highest BCUT2D eigenvalue weighted by Gasteiger charge is 2.57. The molecule has 37 heavy (non-hydrogen) atoms. The van der Waals surface area contributed by atoms with Gasteiger partial charge in [0.2, 0.25) is 0 Å². The molecule has 2 aromatic carbocycles. The fourth-order valence-electron chi connectivity index (χ4n) is 5.59. The third-order valence-corrected chi connectivity index (χ3v) is 7.97. The Morgan fingerprint density at radius 2 is 1.38 bits per heavy atom. The number of hydrogen-bond acceptors (Lipinski definition) is 6. The number of urea groups is 1. The monoisotopic (exact) mass is 509 g/mol. The number of ether oxygens (including phenoxy) is 3. The van der Waals surface area contributed by atoms with Crippen molar-refractivity contribution >= 4 is 11.9 Å². The largest absolute Gasteiger partial charge is 0.497 e. The summed E-state index contributed by atoms with van der Waals surface area (Å²) >= 11 is 0. The normalized spacial score (nSPS) is 17.7. The number of amides is 3. The van der Waals surface area contributed by atoms with Gasteiger partial charge >= 0.3 is 6.03 Å². The minimum Gasteiger partial charge on any atom is -0.497 e. The summed E-state index contributed by atoms with van der Waals surface area (Å²) in [5.41, 5.74) is 4.82. The molecular weight excluding hydrogens is 470 g/mol. The molecule has 8 nitrogen and oxygen atoms in total. The Morgan fingerprint density at radius 3 is 1.92 bits per heavy atom. The van der Waals surface area contributed by atoms with Crippen molar-refractivity contribution in [2.24, 2.45) is 0 Å². The van der Waals surface area contributed by atoms with E-state index in [0.29, 0.717) is 39.1 Å². The van der Waals surface area contributed by atoms with Crippen molar-refractivity contribution in [3.8, 4) is 11.5 Å². The van der Waals surface area contributed by atoms with E-state index in [-0.39, 0.29) is 18.5 Å². The lowest BCUT2D eigenvalue weighted by Gasteiger charge is -2.42. The lowest BCUT2D eigenvalue weighted by molar-refractivity contribution is -0.136. The summed E-state index contributed by atoms with van der Waals surface area (Å²) in [6.45, 7) is 9.45. The first-order valence-electron chi connectivity index (χ1n) is 12.9. The number of nitrogens with zero attached hydrogens (tertiary/aromatic N) is 3. The quantitative estimate of drug-likeness (QED) is 0.475. The summed E-state index contributed by atoms with van der Waals surface area (Å²) in [5, 5.41) is 0. The smallest absolute Gasteiger partial charge is 0.328 e. The molecule has 0 unspecified atom stereocenters. The number of piperidine rings is 1. The first-order valence-corrected chi connectivity index (χ1v) is 12.9. The van der Waals surface area contributed by atoms with Crippen LogP contribution < -0.4 is 9.47 Å². The number of carbonyl (C=O) groups excluding carboxylic acids is 2. The molecule has 0 atom stereocenters. The summed E-state index contributed by atoms with van der Waals surface area (Å²) in [6, 6.07) is 9.82. The van der Waals surface area contributed by atoms with E-state index in [1.807, 2.05) is 18.2 Å². The summed E-state index contributed by atoms with van der Waals surface area (Å²) in [7, 11) is 4.91. The van der Waals surface area contributed by atoms with Crippen LogP contribution >= 0.6 is 0 Å². The van der Waals surface area contributed by atoms with Crippen LogP contribution in [0, 0.1) is 20.8 Å². The van der Waals surface area contributed by atoms with Crippen LogP contribution in [-0.2, 0) is 22.6 Å². The number of likely N-dealkylation sites (tertiary alicyclic amines) is 1. The van der Waals surface area contributed by atoms with Gasteiger partial charge in [0.15, 0.2) is 0 Å². The van der Waals surface area contributed by atoms with Gasteiger partial charge in [-0.3, -0.25) is 14.6 Å². The van der Waals surface area contributed by atoms with Crippen LogP contribution in [0.1, 0.15) is 40.7 Å². The molecule has 2 heterocycles. The van der Waals surface area contributed by atoms with E-state index in [1.54, 1.807) is 26.2 Å². The molecule has 0 bridgehead atoms. The predicted octanol–water partition coefficient (Wildman–Crippen LogP) is 4.07. The second-order valence-electron chi connectivity index (χ2n) is 10.2. The molecule has 0 radical (unpaired) electrons. The molecular formula is C29H39N3O5. The second-order valence-corrected chi connectivity index (χ2v) is 10.2. The molecule has 4 rings (SSSR count). The van der Waals surface area contributed by atoms with Gasteiger partial charge in [-0.05, 0) is 73.6 Å². The fraction of sp³-hybridized carbons (Fsp3) is 0.517.